The van der Waals surface area contributed by atoms with E-state index in [2.05, 4.69) is 25.2 Å². The van der Waals surface area contributed by atoms with Crippen LogP contribution in [0, 0.1) is 13.8 Å². The molecule has 1 rings (SSSR count). The SMILES string of the molecule is CCCCCn1c(C)cc(C)c(CNCCC)c1=O. The Morgan fingerprint density at radius 1 is 1.16 bits per heavy atom. The smallest absolute Gasteiger partial charge is 0.255 e. The standard InChI is InChI=1S/C16H28N2O/c1-5-7-8-10-18-14(4)11-13(3)15(16(18)19)12-17-9-6-2/h11,17H,5-10,12H2,1-4H3. The fourth-order valence-electron chi connectivity index (χ4n) is 2.37. The number of hydrogen-bond donors (Lipinski definition) is 1. The molecule has 3 heteroatoms. The molecule has 19 heavy (non-hydrogen) atoms. The molecule has 0 aliphatic heterocycles. The van der Waals surface area contributed by atoms with E-state index >= 15 is 0 Å². The Bertz CT molecular complexity index is 412. The zero-order valence-electron chi connectivity index (χ0n) is 12.9. The van der Waals surface area contributed by atoms with Crippen molar-refractivity contribution >= 4 is 0 Å². The number of pyridine rings is 1. The summed E-state index contributed by atoms with van der Waals surface area (Å²) >= 11 is 0. The molecule has 0 aromatic carbocycles. The molecule has 0 radical (unpaired) electrons. The fourth-order valence-corrected chi connectivity index (χ4v) is 2.37. The molecule has 1 aromatic rings. The molecule has 0 aliphatic carbocycles. The molecule has 0 fully saturated rings. The van der Waals surface area contributed by atoms with Crippen LogP contribution in [0.3, 0.4) is 0 Å². The summed E-state index contributed by atoms with van der Waals surface area (Å²) in [5.74, 6) is 0. The molecule has 0 aliphatic rings. The van der Waals surface area contributed by atoms with Gasteiger partial charge in [-0.15, -0.1) is 0 Å². The van der Waals surface area contributed by atoms with E-state index in [1.807, 2.05) is 18.4 Å². The van der Waals surface area contributed by atoms with E-state index in [4.69, 9.17) is 0 Å². The lowest BCUT2D eigenvalue weighted by molar-refractivity contribution is 0.566. The highest BCUT2D eigenvalue weighted by atomic mass is 16.1. The summed E-state index contributed by atoms with van der Waals surface area (Å²) in [5, 5.41) is 3.33. The summed E-state index contributed by atoms with van der Waals surface area (Å²) in [4.78, 5) is 12.5. The summed E-state index contributed by atoms with van der Waals surface area (Å²) in [6.45, 7) is 10.9. The van der Waals surface area contributed by atoms with Crippen LogP contribution < -0.4 is 10.9 Å². The lowest BCUT2D eigenvalue weighted by Gasteiger charge is -2.14. The van der Waals surface area contributed by atoms with E-state index in [0.29, 0.717) is 6.54 Å². The quantitative estimate of drug-likeness (QED) is 0.732. The highest BCUT2D eigenvalue weighted by Gasteiger charge is 2.09. The number of aryl methyl sites for hydroxylation is 2. The van der Waals surface area contributed by atoms with Gasteiger partial charge in [-0.1, -0.05) is 26.7 Å². The van der Waals surface area contributed by atoms with Gasteiger partial charge in [-0.3, -0.25) is 4.79 Å². The molecule has 0 spiro atoms. The van der Waals surface area contributed by atoms with Gasteiger partial charge in [-0.2, -0.15) is 0 Å². The van der Waals surface area contributed by atoms with E-state index in [1.165, 1.54) is 12.8 Å². The molecule has 1 N–H and O–H groups in total. The van der Waals surface area contributed by atoms with Crippen LogP contribution in [0.4, 0.5) is 0 Å². The third kappa shape index (κ3) is 4.50. The average molecular weight is 264 g/mol. The van der Waals surface area contributed by atoms with E-state index in [-0.39, 0.29) is 5.56 Å². The van der Waals surface area contributed by atoms with Crippen molar-refractivity contribution in [2.45, 2.75) is 66.5 Å². The number of nitrogens with one attached hydrogen (secondary N) is 1. The Kier molecular flexibility index (Phi) is 6.85. The molecule has 3 nitrogen and oxygen atoms in total. The van der Waals surface area contributed by atoms with Gasteiger partial charge in [-0.25, -0.2) is 0 Å². The van der Waals surface area contributed by atoms with Gasteiger partial charge >= 0.3 is 0 Å². The Balaban J connectivity index is 2.91. The summed E-state index contributed by atoms with van der Waals surface area (Å²) in [5.41, 5.74) is 3.31. The van der Waals surface area contributed by atoms with Gasteiger partial charge in [0, 0.05) is 24.3 Å². The molecule has 0 amide bonds. The van der Waals surface area contributed by atoms with Crippen molar-refractivity contribution in [1.29, 1.82) is 0 Å². The van der Waals surface area contributed by atoms with Crippen LogP contribution in [0.1, 0.15) is 56.4 Å². The van der Waals surface area contributed by atoms with Crippen molar-refractivity contribution in [3.05, 3.63) is 33.2 Å². The average Bonchev–Trinajstić information content (AvgIpc) is 2.37. The second-order valence-corrected chi connectivity index (χ2v) is 5.29. The molecule has 0 atom stereocenters. The van der Waals surface area contributed by atoms with Crippen molar-refractivity contribution in [3.8, 4) is 0 Å². The lowest BCUT2D eigenvalue weighted by atomic mass is 10.1. The van der Waals surface area contributed by atoms with E-state index < -0.39 is 0 Å². The van der Waals surface area contributed by atoms with Gasteiger partial charge in [0.1, 0.15) is 0 Å². The van der Waals surface area contributed by atoms with Crippen molar-refractivity contribution in [3.63, 3.8) is 0 Å². The van der Waals surface area contributed by atoms with Gasteiger partial charge < -0.3 is 9.88 Å². The number of aromatic nitrogens is 1. The molecule has 0 bridgehead atoms. The van der Waals surface area contributed by atoms with Crippen LogP contribution in [-0.4, -0.2) is 11.1 Å². The van der Waals surface area contributed by atoms with Crippen LogP contribution in [-0.2, 0) is 13.1 Å². The Labute approximate surface area is 117 Å². The molecule has 108 valence electrons. The largest absolute Gasteiger partial charge is 0.313 e. The number of nitrogens with zero attached hydrogens (tertiary/aromatic N) is 1. The van der Waals surface area contributed by atoms with Gasteiger partial charge in [0.25, 0.3) is 5.56 Å². The first-order chi connectivity index (χ1) is 9.11. The molecule has 0 saturated heterocycles. The van der Waals surface area contributed by atoms with Crippen LogP contribution >= 0.6 is 0 Å². The Hall–Kier alpha value is -1.09. The van der Waals surface area contributed by atoms with Gasteiger partial charge in [-0.05, 0) is 44.9 Å². The van der Waals surface area contributed by atoms with Crippen molar-refractivity contribution in [1.82, 2.24) is 9.88 Å². The van der Waals surface area contributed by atoms with Gasteiger partial charge in [0.15, 0.2) is 0 Å². The second-order valence-electron chi connectivity index (χ2n) is 5.29. The normalized spacial score (nSPS) is 10.9. The fraction of sp³-hybridized carbons (Fsp3) is 0.688. The first-order valence-electron chi connectivity index (χ1n) is 7.52. The monoisotopic (exact) mass is 264 g/mol. The number of rotatable bonds is 8. The molecular weight excluding hydrogens is 236 g/mol. The molecule has 0 saturated carbocycles. The molecule has 0 unspecified atom stereocenters. The predicted octanol–water partition coefficient (Wildman–Crippen LogP) is 3.15. The van der Waals surface area contributed by atoms with Crippen LogP contribution in [0.25, 0.3) is 0 Å². The topological polar surface area (TPSA) is 34.0 Å². The number of hydrogen-bond acceptors (Lipinski definition) is 2. The number of unbranched alkanes of at least 4 members (excludes halogenated alkanes) is 2. The second kappa shape index (κ2) is 8.16. The first-order valence-corrected chi connectivity index (χ1v) is 7.52. The van der Waals surface area contributed by atoms with Gasteiger partial charge in [0.2, 0.25) is 0 Å². The molecule has 1 aromatic heterocycles. The zero-order valence-corrected chi connectivity index (χ0v) is 12.9. The highest BCUT2D eigenvalue weighted by Crippen LogP contribution is 2.08. The maximum absolute atomic E-state index is 12.5. The maximum Gasteiger partial charge on any atom is 0.255 e. The van der Waals surface area contributed by atoms with Gasteiger partial charge in [0.05, 0.1) is 0 Å². The highest BCUT2D eigenvalue weighted by molar-refractivity contribution is 5.26. The minimum atomic E-state index is 0.192. The molecule has 1 heterocycles. The summed E-state index contributed by atoms with van der Waals surface area (Å²) in [6.07, 6.45) is 4.55. The zero-order chi connectivity index (χ0) is 14.3. The van der Waals surface area contributed by atoms with Crippen molar-refractivity contribution < 1.29 is 0 Å². The van der Waals surface area contributed by atoms with Crippen LogP contribution in [0.15, 0.2) is 10.9 Å². The third-order valence-electron chi connectivity index (χ3n) is 3.54. The summed E-state index contributed by atoms with van der Waals surface area (Å²) in [6, 6.07) is 2.14. The minimum Gasteiger partial charge on any atom is -0.313 e. The van der Waals surface area contributed by atoms with Crippen LogP contribution in [0.5, 0.6) is 0 Å². The molecular formula is C16H28N2O. The van der Waals surface area contributed by atoms with E-state index in [0.717, 1.165) is 42.8 Å². The third-order valence-corrected chi connectivity index (χ3v) is 3.54. The minimum absolute atomic E-state index is 0.192. The summed E-state index contributed by atoms with van der Waals surface area (Å²) < 4.78 is 1.94. The van der Waals surface area contributed by atoms with E-state index in [9.17, 15) is 4.79 Å². The Morgan fingerprint density at radius 2 is 1.89 bits per heavy atom. The Morgan fingerprint density at radius 3 is 2.53 bits per heavy atom. The summed E-state index contributed by atoms with van der Waals surface area (Å²) in [7, 11) is 0. The lowest BCUT2D eigenvalue weighted by Crippen LogP contribution is -2.30. The predicted molar refractivity (Wildman–Crippen MR) is 81.7 cm³/mol. The van der Waals surface area contributed by atoms with Crippen molar-refractivity contribution in [2.75, 3.05) is 6.54 Å². The first kappa shape index (κ1) is 16.0. The van der Waals surface area contributed by atoms with E-state index in [1.54, 1.807) is 0 Å². The van der Waals surface area contributed by atoms with Crippen molar-refractivity contribution in [2.24, 2.45) is 0 Å². The van der Waals surface area contributed by atoms with Crippen LogP contribution in [0.2, 0.25) is 0 Å². The maximum atomic E-state index is 12.5.